The molecule has 1 heteroatoms. The second-order valence-electron chi connectivity index (χ2n) is 1.70. The highest BCUT2D eigenvalue weighted by atomic mass is 14.8. The van der Waals surface area contributed by atoms with Crippen LogP contribution in [0.3, 0.4) is 0 Å². The van der Waals surface area contributed by atoms with Crippen LogP contribution in [0, 0.1) is 0 Å². The van der Waals surface area contributed by atoms with E-state index in [4.69, 9.17) is 0 Å². The summed E-state index contributed by atoms with van der Waals surface area (Å²) in [5.74, 6) is 0. The van der Waals surface area contributed by atoms with Crippen LogP contribution >= 0.6 is 0 Å². The van der Waals surface area contributed by atoms with Crippen LogP contribution in [-0.4, -0.2) is 6.54 Å². The van der Waals surface area contributed by atoms with Crippen molar-refractivity contribution >= 4 is 0 Å². The van der Waals surface area contributed by atoms with Crippen LogP contribution in [0.4, 0.5) is 0 Å². The Morgan fingerprint density at radius 2 is 2.12 bits per heavy atom. The van der Waals surface area contributed by atoms with E-state index in [0.29, 0.717) is 0 Å². The van der Waals surface area contributed by atoms with Crippen LogP contribution < -0.4 is 5.32 Å². The monoisotopic (exact) mass is 112 g/mol. The molecule has 0 N–H and O–H groups in total. The zero-order chi connectivity index (χ0) is 6.24. The first kappa shape index (κ1) is 7.54. The average molecular weight is 112 g/mol. The van der Waals surface area contributed by atoms with Gasteiger partial charge in [-0.15, -0.1) is 0 Å². The second kappa shape index (κ2) is 6.54. The predicted molar refractivity (Wildman–Crippen MR) is 36.7 cm³/mol. The lowest BCUT2D eigenvalue weighted by Gasteiger charge is -1.88. The number of allylic oxidation sites excluding steroid dienone is 1. The Morgan fingerprint density at radius 3 is 2.62 bits per heavy atom. The second-order valence-corrected chi connectivity index (χ2v) is 1.70. The van der Waals surface area contributed by atoms with Gasteiger partial charge in [-0.25, -0.2) is 0 Å². The van der Waals surface area contributed by atoms with Gasteiger partial charge in [-0.05, 0) is 12.8 Å². The summed E-state index contributed by atoms with van der Waals surface area (Å²) in [5.41, 5.74) is 0. The molecular weight excluding hydrogens is 98.1 g/mol. The van der Waals surface area contributed by atoms with E-state index in [1.807, 2.05) is 6.20 Å². The number of hydrogen-bond acceptors (Lipinski definition) is 0. The molecule has 0 aliphatic rings. The van der Waals surface area contributed by atoms with Gasteiger partial charge in [-0.3, -0.25) is 5.32 Å². The molecular formula is C7H14N. The van der Waals surface area contributed by atoms with E-state index in [0.717, 1.165) is 19.4 Å². The van der Waals surface area contributed by atoms with E-state index in [1.54, 1.807) is 0 Å². The Balaban J connectivity index is 2.80. The Hall–Kier alpha value is -0.460. The molecule has 0 amide bonds. The Kier molecular flexibility index (Phi) is 6.16. The van der Waals surface area contributed by atoms with E-state index in [2.05, 4.69) is 25.2 Å². The van der Waals surface area contributed by atoms with Gasteiger partial charge in [0.2, 0.25) is 0 Å². The smallest absolute Gasteiger partial charge is 0.0386 e. The fourth-order valence-corrected chi connectivity index (χ4v) is 0.384. The van der Waals surface area contributed by atoms with Crippen molar-refractivity contribution in [1.82, 2.24) is 5.32 Å². The standard InChI is InChI=1S/C7H14N/c1-3-5-7-8-6-4-2/h5,7H,3-4,6H2,1-2H3/b7-5+. The molecule has 0 saturated carbocycles. The highest BCUT2D eigenvalue weighted by molar-refractivity contribution is 4.76. The van der Waals surface area contributed by atoms with E-state index in [1.165, 1.54) is 0 Å². The molecule has 47 valence electrons. The van der Waals surface area contributed by atoms with Crippen molar-refractivity contribution in [3.63, 3.8) is 0 Å². The van der Waals surface area contributed by atoms with Crippen LogP contribution in [0.5, 0.6) is 0 Å². The third-order valence-electron chi connectivity index (χ3n) is 0.799. The zero-order valence-corrected chi connectivity index (χ0v) is 5.72. The minimum absolute atomic E-state index is 0.969. The molecule has 8 heavy (non-hydrogen) atoms. The lowest BCUT2D eigenvalue weighted by Crippen LogP contribution is -1.94. The largest absolute Gasteiger partial charge is 0.294 e. The summed E-state index contributed by atoms with van der Waals surface area (Å²) in [6.45, 7) is 5.21. The normalized spacial score (nSPS) is 10.2. The maximum absolute atomic E-state index is 4.10. The average Bonchev–Trinajstić information content (AvgIpc) is 1.81. The van der Waals surface area contributed by atoms with Crippen molar-refractivity contribution in [2.45, 2.75) is 26.7 Å². The molecule has 0 unspecified atom stereocenters. The van der Waals surface area contributed by atoms with Crippen LogP contribution in [0.25, 0.3) is 0 Å². The van der Waals surface area contributed by atoms with E-state index < -0.39 is 0 Å². The van der Waals surface area contributed by atoms with Crippen LogP contribution in [0.2, 0.25) is 0 Å². The van der Waals surface area contributed by atoms with E-state index >= 15 is 0 Å². The molecule has 1 nitrogen and oxygen atoms in total. The van der Waals surface area contributed by atoms with Crippen molar-refractivity contribution in [3.05, 3.63) is 12.3 Å². The lowest BCUT2D eigenvalue weighted by atomic mass is 10.4. The molecule has 0 aromatic carbocycles. The summed E-state index contributed by atoms with van der Waals surface area (Å²) >= 11 is 0. The van der Waals surface area contributed by atoms with Gasteiger partial charge < -0.3 is 0 Å². The highest BCUT2D eigenvalue weighted by Gasteiger charge is 1.73. The van der Waals surface area contributed by atoms with Gasteiger partial charge >= 0.3 is 0 Å². The zero-order valence-electron chi connectivity index (χ0n) is 5.72. The molecule has 0 bridgehead atoms. The van der Waals surface area contributed by atoms with Crippen molar-refractivity contribution in [2.75, 3.05) is 6.54 Å². The van der Waals surface area contributed by atoms with Gasteiger partial charge in [0.25, 0.3) is 0 Å². The van der Waals surface area contributed by atoms with Gasteiger partial charge in [0, 0.05) is 12.7 Å². The summed E-state index contributed by atoms with van der Waals surface area (Å²) in [5, 5.41) is 4.10. The number of hydrogen-bond donors (Lipinski definition) is 0. The maximum atomic E-state index is 4.10. The molecule has 0 aromatic rings. The van der Waals surface area contributed by atoms with Crippen LogP contribution in [0.1, 0.15) is 26.7 Å². The summed E-state index contributed by atoms with van der Waals surface area (Å²) in [6.07, 6.45) is 6.19. The fourth-order valence-electron chi connectivity index (χ4n) is 0.384. The van der Waals surface area contributed by atoms with Crippen LogP contribution in [0.15, 0.2) is 12.3 Å². The Bertz CT molecular complexity index is 57.4. The van der Waals surface area contributed by atoms with Crippen molar-refractivity contribution in [1.29, 1.82) is 0 Å². The minimum atomic E-state index is 0.969. The maximum Gasteiger partial charge on any atom is 0.0386 e. The molecule has 0 spiro atoms. The number of nitrogens with zero attached hydrogens (tertiary/aromatic N) is 1. The Labute approximate surface area is 51.8 Å². The third kappa shape index (κ3) is 5.54. The van der Waals surface area contributed by atoms with Gasteiger partial charge in [-0.1, -0.05) is 19.9 Å². The molecule has 0 atom stereocenters. The van der Waals surface area contributed by atoms with Crippen molar-refractivity contribution in [2.24, 2.45) is 0 Å². The van der Waals surface area contributed by atoms with Gasteiger partial charge in [-0.2, -0.15) is 0 Å². The molecule has 0 fully saturated rings. The Morgan fingerprint density at radius 1 is 1.38 bits per heavy atom. The fraction of sp³-hybridized carbons (Fsp3) is 0.714. The van der Waals surface area contributed by atoms with Crippen molar-refractivity contribution < 1.29 is 0 Å². The topological polar surface area (TPSA) is 14.1 Å². The molecule has 0 heterocycles. The summed E-state index contributed by atoms with van der Waals surface area (Å²) in [6, 6.07) is 0. The first-order valence-corrected chi connectivity index (χ1v) is 3.23. The predicted octanol–water partition coefficient (Wildman–Crippen LogP) is 1.92. The SMILES string of the molecule is CC/C=C/[N]CCC. The molecule has 0 saturated heterocycles. The molecule has 1 radical (unpaired) electrons. The third-order valence-corrected chi connectivity index (χ3v) is 0.799. The molecule has 0 rings (SSSR count). The van der Waals surface area contributed by atoms with Gasteiger partial charge in [0.15, 0.2) is 0 Å². The van der Waals surface area contributed by atoms with Crippen LogP contribution in [-0.2, 0) is 0 Å². The minimum Gasteiger partial charge on any atom is -0.294 e. The summed E-state index contributed by atoms with van der Waals surface area (Å²) in [4.78, 5) is 0. The summed E-state index contributed by atoms with van der Waals surface area (Å²) < 4.78 is 0. The summed E-state index contributed by atoms with van der Waals surface area (Å²) in [7, 11) is 0. The molecule has 0 aromatic heterocycles. The quantitative estimate of drug-likeness (QED) is 0.493. The van der Waals surface area contributed by atoms with Crippen molar-refractivity contribution in [3.8, 4) is 0 Å². The first-order valence-electron chi connectivity index (χ1n) is 3.23. The van der Waals surface area contributed by atoms with Gasteiger partial charge in [0.05, 0.1) is 0 Å². The highest BCUT2D eigenvalue weighted by Crippen LogP contribution is 1.77. The van der Waals surface area contributed by atoms with E-state index in [9.17, 15) is 0 Å². The van der Waals surface area contributed by atoms with E-state index in [-0.39, 0.29) is 0 Å². The molecule has 0 aliphatic heterocycles. The van der Waals surface area contributed by atoms with Gasteiger partial charge in [0.1, 0.15) is 0 Å². The lowest BCUT2D eigenvalue weighted by molar-refractivity contribution is 0.793. The molecule has 0 aliphatic carbocycles. The first-order chi connectivity index (χ1) is 3.91. The number of rotatable bonds is 4.